The minimum atomic E-state index is -1.50. The standard InChI is InChI=1S/C14H13NO6S/c1-20-9-5-3-4-8(12(9)21-2)6-10-13(18)15(7-11(16)17)14(19)22-10/h3-6H,7H2,1-2H3,(H,16,17)/p-1/b10-6-. The summed E-state index contributed by atoms with van der Waals surface area (Å²) in [4.78, 5) is 35.0. The number of imide groups is 1. The fourth-order valence-electron chi connectivity index (χ4n) is 1.93. The lowest BCUT2D eigenvalue weighted by atomic mass is 10.1. The third-order valence-corrected chi connectivity index (χ3v) is 3.79. The number of amides is 2. The van der Waals surface area contributed by atoms with Crippen molar-refractivity contribution in [3.63, 3.8) is 0 Å². The van der Waals surface area contributed by atoms with Gasteiger partial charge in [-0.3, -0.25) is 14.5 Å². The lowest BCUT2D eigenvalue weighted by Crippen LogP contribution is -2.40. The minimum Gasteiger partial charge on any atom is -0.548 e. The third kappa shape index (κ3) is 3.06. The van der Waals surface area contributed by atoms with Crippen molar-refractivity contribution in [2.24, 2.45) is 0 Å². The second-order valence-corrected chi connectivity index (χ2v) is 5.22. The van der Waals surface area contributed by atoms with E-state index < -0.39 is 23.7 Å². The van der Waals surface area contributed by atoms with E-state index in [9.17, 15) is 19.5 Å². The molecule has 116 valence electrons. The summed E-state index contributed by atoms with van der Waals surface area (Å²) in [5, 5.41) is 9.92. The second-order valence-electron chi connectivity index (χ2n) is 4.22. The maximum atomic E-state index is 12.1. The van der Waals surface area contributed by atoms with E-state index in [0.29, 0.717) is 33.7 Å². The van der Waals surface area contributed by atoms with E-state index in [2.05, 4.69) is 0 Å². The number of para-hydroxylation sites is 1. The number of nitrogens with zero attached hydrogens (tertiary/aromatic N) is 1. The number of carboxylic acid groups (broad SMARTS) is 1. The Morgan fingerprint density at radius 3 is 2.64 bits per heavy atom. The largest absolute Gasteiger partial charge is 0.548 e. The van der Waals surface area contributed by atoms with Crippen molar-refractivity contribution in [3.05, 3.63) is 28.7 Å². The maximum absolute atomic E-state index is 12.1. The number of aliphatic carboxylic acids is 1. The number of benzene rings is 1. The first-order valence-corrected chi connectivity index (χ1v) is 6.95. The smallest absolute Gasteiger partial charge is 0.293 e. The fraction of sp³-hybridized carbons (Fsp3) is 0.214. The van der Waals surface area contributed by atoms with Gasteiger partial charge in [0.15, 0.2) is 11.5 Å². The number of ether oxygens (including phenoxy) is 2. The van der Waals surface area contributed by atoms with Gasteiger partial charge in [-0.1, -0.05) is 12.1 Å². The van der Waals surface area contributed by atoms with Gasteiger partial charge in [-0.05, 0) is 23.9 Å². The van der Waals surface area contributed by atoms with Crippen LogP contribution >= 0.6 is 11.8 Å². The molecule has 0 N–H and O–H groups in total. The van der Waals surface area contributed by atoms with Gasteiger partial charge < -0.3 is 19.4 Å². The molecule has 1 aliphatic heterocycles. The van der Waals surface area contributed by atoms with Crippen LogP contribution in [-0.2, 0) is 9.59 Å². The van der Waals surface area contributed by atoms with Crippen molar-refractivity contribution >= 4 is 35.0 Å². The number of rotatable bonds is 5. The van der Waals surface area contributed by atoms with Gasteiger partial charge >= 0.3 is 0 Å². The molecule has 0 aliphatic carbocycles. The third-order valence-electron chi connectivity index (χ3n) is 2.88. The van der Waals surface area contributed by atoms with Crippen LogP contribution in [-0.4, -0.2) is 42.8 Å². The second kappa shape index (κ2) is 6.52. The zero-order valence-corrected chi connectivity index (χ0v) is 12.6. The summed E-state index contributed by atoms with van der Waals surface area (Å²) in [6, 6.07) is 5.09. The summed E-state index contributed by atoms with van der Waals surface area (Å²) in [6.45, 7) is -0.767. The number of hydrogen-bond acceptors (Lipinski definition) is 7. The van der Waals surface area contributed by atoms with Gasteiger partial charge in [0.25, 0.3) is 11.1 Å². The number of hydrogen-bond donors (Lipinski definition) is 0. The first-order valence-electron chi connectivity index (χ1n) is 6.14. The minimum absolute atomic E-state index is 0.109. The molecule has 1 aromatic carbocycles. The van der Waals surface area contributed by atoms with Crippen LogP contribution in [0.1, 0.15) is 5.56 Å². The SMILES string of the molecule is COc1cccc(/C=C2\SC(=O)N(CC(=O)[O-])C2=O)c1OC. The molecule has 0 aromatic heterocycles. The van der Waals surface area contributed by atoms with Crippen molar-refractivity contribution in [2.75, 3.05) is 20.8 Å². The summed E-state index contributed by atoms with van der Waals surface area (Å²) in [6.07, 6.45) is 1.46. The summed E-state index contributed by atoms with van der Waals surface area (Å²) in [7, 11) is 2.94. The zero-order valence-electron chi connectivity index (χ0n) is 11.8. The normalized spacial score (nSPS) is 16.3. The first-order chi connectivity index (χ1) is 10.5. The Morgan fingerprint density at radius 2 is 2.05 bits per heavy atom. The van der Waals surface area contributed by atoms with Gasteiger partial charge in [0.1, 0.15) is 0 Å². The Labute approximate surface area is 130 Å². The zero-order chi connectivity index (χ0) is 16.3. The van der Waals surface area contributed by atoms with Crippen molar-refractivity contribution in [1.29, 1.82) is 0 Å². The molecule has 2 amide bonds. The van der Waals surface area contributed by atoms with E-state index in [1.807, 2.05) is 0 Å². The van der Waals surface area contributed by atoms with Crippen LogP contribution in [0.15, 0.2) is 23.1 Å². The van der Waals surface area contributed by atoms with E-state index >= 15 is 0 Å². The molecule has 0 unspecified atom stereocenters. The summed E-state index contributed by atoms with van der Waals surface area (Å²) < 4.78 is 10.4. The van der Waals surface area contributed by atoms with Crippen LogP contribution in [0.4, 0.5) is 4.79 Å². The number of carbonyl (C=O) groups is 3. The van der Waals surface area contributed by atoms with E-state index in [4.69, 9.17) is 9.47 Å². The van der Waals surface area contributed by atoms with Gasteiger partial charge in [-0.25, -0.2) is 0 Å². The summed E-state index contributed by atoms with van der Waals surface area (Å²) in [5.74, 6) is -1.28. The van der Waals surface area contributed by atoms with E-state index in [0.717, 1.165) is 0 Å². The molecule has 0 spiro atoms. The quantitative estimate of drug-likeness (QED) is 0.728. The summed E-state index contributed by atoms with van der Waals surface area (Å²) in [5.41, 5.74) is 0.542. The molecule has 0 bridgehead atoms. The van der Waals surface area contributed by atoms with Crippen LogP contribution in [0.3, 0.4) is 0 Å². The number of carboxylic acids is 1. The van der Waals surface area contributed by atoms with Crippen molar-refractivity contribution in [3.8, 4) is 11.5 Å². The molecule has 2 rings (SSSR count). The Morgan fingerprint density at radius 1 is 1.32 bits per heavy atom. The van der Waals surface area contributed by atoms with Crippen LogP contribution in [0.5, 0.6) is 11.5 Å². The van der Waals surface area contributed by atoms with E-state index in [-0.39, 0.29) is 4.91 Å². The predicted molar refractivity (Wildman–Crippen MR) is 77.2 cm³/mol. The van der Waals surface area contributed by atoms with Crippen LogP contribution in [0.2, 0.25) is 0 Å². The van der Waals surface area contributed by atoms with E-state index in [1.54, 1.807) is 18.2 Å². The maximum Gasteiger partial charge on any atom is 0.293 e. The Hall–Kier alpha value is -2.48. The average Bonchev–Trinajstić information content (AvgIpc) is 2.74. The Bertz CT molecular complexity index is 669. The van der Waals surface area contributed by atoms with Gasteiger partial charge in [-0.15, -0.1) is 0 Å². The molecule has 1 saturated heterocycles. The van der Waals surface area contributed by atoms with Crippen molar-refractivity contribution < 1.29 is 29.0 Å². The molecule has 1 aromatic rings. The highest BCUT2D eigenvalue weighted by Crippen LogP contribution is 2.36. The molecule has 22 heavy (non-hydrogen) atoms. The average molecular weight is 322 g/mol. The Balaban J connectivity index is 2.37. The highest BCUT2D eigenvalue weighted by Gasteiger charge is 2.35. The van der Waals surface area contributed by atoms with Gasteiger partial charge in [0.2, 0.25) is 0 Å². The molecule has 0 saturated carbocycles. The monoisotopic (exact) mass is 322 g/mol. The first kappa shape index (κ1) is 15.9. The molecule has 0 radical (unpaired) electrons. The molecule has 1 fully saturated rings. The van der Waals surface area contributed by atoms with E-state index in [1.165, 1.54) is 20.3 Å². The van der Waals surface area contributed by atoms with Crippen LogP contribution in [0.25, 0.3) is 6.08 Å². The number of thioether (sulfide) groups is 1. The highest BCUT2D eigenvalue weighted by atomic mass is 32.2. The van der Waals surface area contributed by atoms with Crippen LogP contribution in [0, 0.1) is 0 Å². The molecule has 0 atom stereocenters. The number of carbonyl (C=O) groups excluding carboxylic acids is 3. The molecule has 1 aliphatic rings. The van der Waals surface area contributed by atoms with Gasteiger partial charge in [0, 0.05) is 5.56 Å². The van der Waals surface area contributed by atoms with Gasteiger partial charge in [-0.2, -0.15) is 0 Å². The Kier molecular flexibility index (Phi) is 4.71. The molecule has 8 heteroatoms. The van der Waals surface area contributed by atoms with Crippen molar-refractivity contribution in [1.82, 2.24) is 4.90 Å². The molecular formula is C14H12NO6S-. The molecule has 7 nitrogen and oxygen atoms in total. The van der Waals surface area contributed by atoms with Crippen molar-refractivity contribution in [2.45, 2.75) is 0 Å². The lowest BCUT2D eigenvalue weighted by molar-refractivity contribution is -0.305. The highest BCUT2D eigenvalue weighted by molar-refractivity contribution is 8.18. The number of methoxy groups -OCH3 is 2. The predicted octanol–water partition coefficient (Wildman–Crippen LogP) is 0.490. The fourth-order valence-corrected chi connectivity index (χ4v) is 2.76. The molecule has 1 heterocycles. The van der Waals surface area contributed by atoms with Crippen LogP contribution < -0.4 is 14.6 Å². The topological polar surface area (TPSA) is 96.0 Å². The summed E-state index contributed by atoms with van der Waals surface area (Å²) >= 11 is 0.662. The molecular weight excluding hydrogens is 310 g/mol. The lowest BCUT2D eigenvalue weighted by Gasteiger charge is -2.12. The van der Waals surface area contributed by atoms with Gasteiger partial charge in [0.05, 0.1) is 31.6 Å².